The van der Waals surface area contributed by atoms with Crippen LogP contribution >= 0.6 is 0 Å². The van der Waals surface area contributed by atoms with E-state index >= 15 is 0 Å². The van der Waals surface area contributed by atoms with Crippen molar-refractivity contribution in [3.05, 3.63) is 0 Å². The molecule has 1 aliphatic carbocycles. The van der Waals surface area contributed by atoms with Crippen molar-refractivity contribution in [1.29, 1.82) is 0 Å². The average Bonchev–Trinajstić information content (AvgIpc) is 2.84. The summed E-state index contributed by atoms with van der Waals surface area (Å²) in [7, 11) is -1.67. The maximum atomic E-state index is 12.1. The third-order valence-electron chi connectivity index (χ3n) is 4.16. The van der Waals surface area contributed by atoms with Gasteiger partial charge in [0.25, 0.3) is 10.2 Å². The van der Waals surface area contributed by atoms with Crippen LogP contribution in [0.15, 0.2) is 0 Å². The molecule has 1 aliphatic rings. The van der Waals surface area contributed by atoms with E-state index in [1.807, 2.05) is 0 Å². The lowest BCUT2D eigenvalue weighted by Crippen LogP contribution is -2.43. The molecule has 0 atom stereocenters. The Hall–Kier alpha value is -0.170. The zero-order valence-electron chi connectivity index (χ0n) is 13.2. The molecule has 20 heavy (non-hydrogen) atoms. The first kappa shape index (κ1) is 17.9. The van der Waals surface area contributed by atoms with Crippen molar-refractivity contribution in [1.82, 2.24) is 14.3 Å². The van der Waals surface area contributed by atoms with Gasteiger partial charge in [0.1, 0.15) is 0 Å². The summed E-state index contributed by atoms with van der Waals surface area (Å²) in [6, 6.07) is 0. The maximum Gasteiger partial charge on any atom is 0.279 e. The standard InChI is InChI=1S/C14H31N3O2S/c1-4-10-15-11-7-12-17(3)20(18,19)16-13-14(2)8-5-6-9-14/h15-16H,4-13H2,1-3H3. The molecule has 0 aromatic rings. The molecule has 0 spiro atoms. The lowest BCUT2D eigenvalue weighted by molar-refractivity contribution is 0.330. The van der Waals surface area contributed by atoms with E-state index in [1.165, 1.54) is 17.1 Å². The van der Waals surface area contributed by atoms with Crippen LogP contribution in [0.4, 0.5) is 0 Å². The van der Waals surface area contributed by atoms with E-state index < -0.39 is 10.2 Å². The van der Waals surface area contributed by atoms with Crippen molar-refractivity contribution >= 4 is 10.2 Å². The lowest BCUT2D eigenvalue weighted by Gasteiger charge is -2.25. The molecule has 0 aliphatic heterocycles. The topological polar surface area (TPSA) is 61.4 Å². The summed E-state index contributed by atoms with van der Waals surface area (Å²) in [5, 5.41) is 3.28. The van der Waals surface area contributed by atoms with Crippen molar-refractivity contribution in [3.8, 4) is 0 Å². The van der Waals surface area contributed by atoms with E-state index in [1.54, 1.807) is 7.05 Å². The molecule has 1 rings (SSSR count). The van der Waals surface area contributed by atoms with Crippen LogP contribution in [0.25, 0.3) is 0 Å². The maximum absolute atomic E-state index is 12.1. The first-order chi connectivity index (χ1) is 9.40. The highest BCUT2D eigenvalue weighted by Gasteiger charge is 2.30. The molecule has 0 amide bonds. The Morgan fingerprint density at radius 2 is 1.85 bits per heavy atom. The fourth-order valence-electron chi connectivity index (χ4n) is 2.63. The van der Waals surface area contributed by atoms with Gasteiger partial charge >= 0.3 is 0 Å². The molecule has 0 heterocycles. The Kier molecular flexibility index (Phi) is 7.43. The quantitative estimate of drug-likeness (QED) is 0.604. The van der Waals surface area contributed by atoms with Gasteiger partial charge in [0.2, 0.25) is 0 Å². The van der Waals surface area contributed by atoms with E-state index in [4.69, 9.17) is 0 Å². The molecular weight excluding hydrogens is 274 g/mol. The van der Waals surface area contributed by atoms with Gasteiger partial charge in [-0.1, -0.05) is 26.7 Å². The summed E-state index contributed by atoms with van der Waals surface area (Å²) in [6.45, 7) is 7.28. The molecule has 1 saturated carbocycles. The smallest absolute Gasteiger partial charge is 0.279 e. The molecule has 0 radical (unpaired) electrons. The fourth-order valence-corrected chi connectivity index (χ4v) is 3.75. The molecule has 0 unspecified atom stereocenters. The van der Waals surface area contributed by atoms with Crippen molar-refractivity contribution in [2.45, 2.75) is 52.4 Å². The van der Waals surface area contributed by atoms with Crippen molar-refractivity contribution in [2.75, 3.05) is 33.2 Å². The van der Waals surface area contributed by atoms with Crippen LogP contribution in [0.5, 0.6) is 0 Å². The Morgan fingerprint density at radius 1 is 1.20 bits per heavy atom. The minimum atomic E-state index is -3.32. The summed E-state index contributed by atoms with van der Waals surface area (Å²) in [4.78, 5) is 0. The van der Waals surface area contributed by atoms with Gasteiger partial charge in [0.15, 0.2) is 0 Å². The van der Waals surface area contributed by atoms with Gasteiger partial charge in [-0.25, -0.2) is 4.72 Å². The van der Waals surface area contributed by atoms with E-state index in [9.17, 15) is 8.42 Å². The summed E-state index contributed by atoms with van der Waals surface area (Å²) in [5.74, 6) is 0. The number of nitrogens with one attached hydrogen (secondary N) is 2. The molecule has 0 aromatic heterocycles. The SMILES string of the molecule is CCCNCCCN(C)S(=O)(=O)NCC1(C)CCCC1. The molecule has 0 saturated heterocycles. The molecule has 6 heteroatoms. The molecule has 120 valence electrons. The predicted molar refractivity (Wildman–Crippen MR) is 83.9 cm³/mol. The largest absolute Gasteiger partial charge is 0.317 e. The lowest BCUT2D eigenvalue weighted by atomic mass is 9.89. The summed E-state index contributed by atoms with van der Waals surface area (Å²) in [6.07, 6.45) is 6.64. The van der Waals surface area contributed by atoms with Crippen molar-refractivity contribution in [2.24, 2.45) is 5.41 Å². The van der Waals surface area contributed by atoms with E-state index in [-0.39, 0.29) is 5.41 Å². The van der Waals surface area contributed by atoms with Gasteiger partial charge in [0.05, 0.1) is 0 Å². The van der Waals surface area contributed by atoms with E-state index in [0.717, 1.165) is 38.8 Å². The van der Waals surface area contributed by atoms with Crippen LogP contribution in [-0.4, -0.2) is 45.9 Å². The third-order valence-corrected chi connectivity index (χ3v) is 5.67. The predicted octanol–water partition coefficient (Wildman–Crippen LogP) is 1.72. The molecular formula is C14H31N3O2S. The molecule has 2 N–H and O–H groups in total. The minimum Gasteiger partial charge on any atom is -0.317 e. The highest BCUT2D eigenvalue weighted by atomic mass is 32.2. The van der Waals surface area contributed by atoms with Crippen molar-refractivity contribution < 1.29 is 8.42 Å². The molecule has 1 fully saturated rings. The average molecular weight is 305 g/mol. The van der Waals surface area contributed by atoms with Crippen LogP contribution in [0.1, 0.15) is 52.4 Å². The highest BCUT2D eigenvalue weighted by molar-refractivity contribution is 7.87. The number of nitrogens with zero attached hydrogens (tertiary/aromatic N) is 1. The van der Waals surface area contributed by atoms with Gasteiger partial charge in [-0.15, -0.1) is 0 Å². The third kappa shape index (κ3) is 6.08. The number of hydrogen-bond acceptors (Lipinski definition) is 3. The number of rotatable bonds is 10. The van der Waals surface area contributed by atoms with Crippen molar-refractivity contribution in [3.63, 3.8) is 0 Å². The second-order valence-corrected chi connectivity index (χ2v) is 8.13. The Labute approximate surface area is 124 Å². The zero-order valence-corrected chi connectivity index (χ0v) is 14.1. The normalized spacial score (nSPS) is 18.8. The summed E-state index contributed by atoms with van der Waals surface area (Å²) < 4.78 is 28.5. The van der Waals surface area contributed by atoms with E-state index in [2.05, 4.69) is 23.9 Å². The Morgan fingerprint density at radius 3 is 2.45 bits per heavy atom. The molecule has 0 aromatic carbocycles. The first-order valence-corrected chi connectivity index (χ1v) is 9.25. The zero-order chi connectivity index (χ0) is 15.1. The second-order valence-electron chi connectivity index (χ2n) is 6.27. The van der Waals surface area contributed by atoms with Crippen LogP contribution in [-0.2, 0) is 10.2 Å². The Bertz CT molecular complexity index is 365. The van der Waals surface area contributed by atoms with Gasteiger partial charge in [-0.3, -0.25) is 0 Å². The van der Waals surface area contributed by atoms with Gasteiger partial charge in [-0.05, 0) is 44.2 Å². The highest BCUT2D eigenvalue weighted by Crippen LogP contribution is 2.36. The second kappa shape index (κ2) is 8.32. The fraction of sp³-hybridized carbons (Fsp3) is 1.00. The van der Waals surface area contributed by atoms with Gasteiger partial charge in [-0.2, -0.15) is 12.7 Å². The Balaban J connectivity index is 2.28. The van der Waals surface area contributed by atoms with E-state index in [0.29, 0.717) is 13.1 Å². The summed E-state index contributed by atoms with van der Waals surface area (Å²) >= 11 is 0. The van der Waals surface area contributed by atoms with Crippen LogP contribution in [0.3, 0.4) is 0 Å². The van der Waals surface area contributed by atoms with Crippen LogP contribution in [0, 0.1) is 5.41 Å². The van der Waals surface area contributed by atoms with Crippen LogP contribution in [0.2, 0.25) is 0 Å². The number of hydrogen-bond donors (Lipinski definition) is 2. The van der Waals surface area contributed by atoms with Crippen LogP contribution < -0.4 is 10.0 Å². The summed E-state index contributed by atoms with van der Waals surface area (Å²) in [5.41, 5.74) is 0.149. The minimum absolute atomic E-state index is 0.149. The van der Waals surface area contributed by atoms with Gasteiger partial charge in [0, 0.05) is 20.1 Å². The molecule has 5 nitrogen and oxygen atoms in total. The monoisotopic (exact) mass is 305 g/mol. The first-order valence-electron chi connectivity index (χ1n) is 7.81. The van der Waals surface area contributed by atoms with Gasteiger partial charge < -0.3 is 5.32 Å². The molecule has 0 bridgehead atoms.